The fourth-order valence-corrected chi connectivity index (χ4v) is 1.13. The highest BCUT2D eigenvalue weighted by molar-refractivity contribution is 5.62. The number of nitrogen functional groups attached to an aromatic ring is 1. The second-order valence-corrected chi connectivity index (χ2v) is 3.37. The van der Waals surface area contributed by atoms with E-state index in [0.717, 1.165) is 17.1 Å². The van der Waals surface area contributed by atoms with E-state index in [1.807, 2.05) is 19.2 Å². The first-order chi connectivity index (χ1) is 5.75. The van der Waals surface area contributed by atoms with E-state index in [0.29, 0.717) is 6.04 Å². The van der Waals surface area contributed by atoms with Gasteiger partial charge in [-0.3, -0.25) is 0 Å². The number of pyridine rings is 1. The highest BCUT2D eigenvalue weighted by Gasteiger charge is 2.21. The van der Waals surface area contributed by atoms with E-state index in [1.54, 1.807) is 0 Å². The van der Waals surface area contributed by atoms with Gasteiger partial charge in [-0.05, 0) is 31.4 Å². The summed E-state index contributed by atoms with van der Waals surface area (Å²) in [6.45, 7) is 1.99. The molecule has 0 atom stereocenters. The summed E-state index contributed by atoms with van der Waals surface area (Å²) in [7, 11) is 0. The molecule has 1 heterocycles. The molecule has 0 aliphatic heterocycles. The van der Waals surface area contributed by atoms with Gasteiger partial charge >= 0.3 is 0 Å². The van der Waals surface area contributed by atoms with E-state index in [9.17, 15) is 0 Å². The van der Waals surface area contributed by atoms with Gasteiger partial charge in [0.1, 0.15) is 5.82 Å². The number of hydrogen-bond acceptors (Lipinski definition) is 3. The molecule has 0 radical (unpaired) electrons. The van der Waals surface area contributed by atoms with E-state index >= 15 is 0 Å². The van der Waals surface area contributed by atoms with Crippen LogP contribution in [0.1, 0.15) is 18.4 Å². The zero-order valence-electron chi connectivity index (χ0n) is 7.17. The van der Waals surface area contributed by atoms with Crippen LogP contribution in [0.2, 0.25) is 0 Å². The topological polar surface area (TPSA) is 50.9 Å². The summed E-state index contributed by atoms with van der Waals surface area (Å²) < 4.78 is 0. The fraction of sp³-hybridized carbons (Fsp3) is 0.444. The third-order valence-electron chi connectivity index (χ3n) is 1.97. The Morgan fingerprint density at radius 2 is 2.33 bits per heavy atom. The maximum Gasteiger partial charge on any atom is 0.149 e. The Bertz CT molecular complexity index is 292. The summed E-state index contributed by atoms with van der Waals surface area (Å²) >= 11 is 0. The van der Waals surface area contributed by atoms with Crippen LogP contribution in [0.25, 0.3) is 0 Å². The molecule has 0 aromatic carbocycles. The lowest BCUT2D eigenvalue weighted by atomic mass is 10.3. The minimum atomic E-state index is 0.613. The van der Waals surface area contributed by atoms with Crippen LogP contribution in [0, 0.1) is 6.92 Å². The van der Waals surface area contributed by atoms with E-state index in [-0.39, 0.29) is 0 Å². The van der Waals surface area contributed by atoms with Crippen LogP contribution in [-0.4, -0.2) is 11.0 Å². The van der Waals surface area contributed by atoms with Crippen molar-refractivity contribution in [2.24, 2.45) is 0 Å². The van der Waals surface area contributed by atoms with E-state index < -0.39 is 0 Å². The molecule has 2 rings (SSSR count). The van der Waals surface area contributed by atoms with Crippen molar-refractivity contribution in [1.29, 1.82) is 0 Å². The summed E-state index contributed by atoms with van der Waals surface area (Å²) in [5.74, 6) is 0.836. The number of aromatic nitrogens is 1. The van der Waals surface area contributed by atoms with Crippen molar-refractivity contribution in [1.82, 2.24) is 4.98 Å². The van der Waals surface area contributed by atoms with E-state index in [1.165, 1.54) is 12.8 Å². The van der Waals surface area contributed by atoms with Gasteiger partial charge in [-0.1, -0.05) is 0 Å². The van der Waals surface area contributed by atoms with Crippen molar-refractivity contribution in [3.05, 3.63) is 17.8 Å². The quantitative estimate of drug-likeness (QED) is 0.695. The van der Waals surface area contributed by atoms with Crippen molar-refractivity contribution >= 4 is 11.5 Å². The van der Waals surface area contributed by atoms with E-state index in [2.05, 4.69) is 10.3 Å². The summed E-state index contributed by atoms with van der Waals surface area (Å²) in [6, 6.07) is 2.56. The van der Waals surface area contributed by atoms with Gasteiger partial charge in [0, 0.05) is 12.2 Å². The largest absolute Gasteiger partial charge is 0.396 e. The number of anilines is 2. The molecular formula is C9H13N3. The lowest BCUT2D eigenvalue weighted by Crippen LogP contribution is -2.06. The zero-order valence-corrected chi connectivity index (χ0v) is 7.17. The molecule has 1 aromatic rings. The van der Waals surface area contributed by atoms with Crippen molar-refractivity contribution in [3.8, 4) is 0 Å². The standard InChI is InChI=1S/C9H13N3/c1-6-4-8(10)9(11-5-6)12-7-2-3-7/h4-5,7H,2-3,10H2,1H3,(H,11,12). The van der Waals surface area contributed by atoms with Crippen LogP contribution in [0.15, 0.2) is 12.3 Å². The predicted octanol–water partition coefficient (Wildman–Crippen LogP) is 1.55. The Hall–Kier alpha value is -1.25. The summed E-state index contributed by atoms with van der Waals surface area (Å²) in [5.41, 5.74) is 7.63. The number of rotatable bonds is 2. The lowest BCUT2D eigenvalue weighted by molar-refractivity contribution is 1.11. The van der Waals surface area contributed by atoms with E-state index in [4.69, 9.17) is 5.73 Å². The molecule has 1 aliphatic carbocycles. The van der Waals surface area contributed by atoms with Crippen LogP contribution in [-0.2, 0) is 0 Å². The Morgan fingerprint density at radius 3 is 2.92 bits per heavy atom. The lowest BCUT2D eigenvalue weighted by Gasteiger charge is -2.06. The molecule has 1 saturated carbocycles. The third-order valence-corrected chi connectivity index (χ3v) is 1.97. The molecule has 12 heavy (non-hydrogen) atoms. The van der Waals surface area contributed by atoms with Crippen LogP contribution >= 0.6 is 0 Å². The van der Waals surface area contributed by atoms with Gasteiger partial charge in [0.15, 0.2) is 0 Å². The molecule has 0 spiro atoms. The molecular weight excluding hydrogens is 150 g/mol. The van der Waals surface area contributed by atoms with Gasteiger partial charge in [0.05, 0.1) is 5.69 Å². The number of aryl methyl sites for hydroxylation is 1. The summed E-state index contributed by atoms with van der Waals surface area (Å²) in [5, 5.41) is 3.28. The number of nitrogens with zero attached hydrogens (tertiary/aromatic N) is 1. The number of nitrogens with one attached hydrogen (secondary N) is 1. The van der Waals surface area contributed by atoms with Gasteiger partial charge in [0.2, 0.25) is 0 Å². The first-order valence-corrected chi connectivity index (χ1v) is 4.24. The highest BCUT2D eigenvalue weighted by atomic mass is 15.0. The summed E-state index contributed by atoms with van der Waals surface area (Å²) in [6.07, 6.45) is 4.32. The van der Waals surface area contributed by atoms with Gasteiger partial charge in [0.25, 0.3) is 0 Å². The molecule has 64 valence electrons. The average Bonchev–Trinajstić information content (AvgIpc) is 2.79. The molecule has 3 heteroatoms. The zero-order chi connectivity index (χ0) is 8.55. The Labute approximate surface area is 72.0 Å². The molecule has 0 unspecified atom stereocenters. The van der Waals surface area contributed by atoms with Gasteiger partial charge < -0.3 is 11.1 Å². The molecule has 3 N–H and O–H groups in total. The second kappa shape index (κ2) is 2.66. The molecule has 0 saturated heterocycles. The molecule has 3 nitrogen and oxygen atoms in total. The minimum Gasteiger partial charge on any atom is -0.396 e. The predicted molar refractivity (Wildman–Crippen MR) is 50.0 cm³/mol. The van der Waals surface area contributed by atoms with Gasteiger partial charge in [-0.25, -0.2) is 4.98 Å². The maximum atomic E-state index is 5.77. The van der Waals surface area contributed by atoms with Crippen molar-refractivity contribution in [3.63, 3.8) is 0 Å². The molecule has 0 bridgehead atoms. The van der Waals surface area contributed by atoms with Gasteiger partial charge in [-0.15, -0.1) is 0 Å². The van der Waals surface area contributed by atoms with Crippen molar-refractivity contribution in [2.45, 2.75) is 25.8 Å². The second-order valence-electron chi connectivity index (χ2n) is 3.37. The molecule has 1 fully saturated rings. The maximum absolute atomic E-state index is 5.77. The first kappa shape index (κ1) is 7.40. The average molecular weight is 163 g/mol. The summed E-state index contributed by atoms with van der Waals surface area (Å²) in [4.78, 5) is 4.22. The van der Waals surface area contributed by atoms with Crippen LogP contribution in [0.4, 0.5) is 11.5 Å². The smallest absolute Gasteiger partial charge is 0.149 e. The Kier molecular flexibility index (Phi) is 1.64. The number of nitrogens with two attached hydrogens (primary N) is 1. The first-order valence-electron chi connectivity index (χ1n) is 4.24. The Balaban J connectivity index is 2.18. The molecule has 0 amide bonds. The van der Waals surface area contributed by atoms with Crippen LogP contribution in [0.3, 0.4) is 0 Å². The normalized spacial score (nSPS) is 16.1. The Morgan fingerprint density at radius 1 is 1.58 bits per heavy atom. The van der Waals surface area contributed by atoms with Crippen molar-refractivity contribution in [2.75, 3.05) is 11.1 Å². The van der Waals surface area contributed by atoms with Crippen LogP contribution in [0.5, 0.6) is 0 Å². The number of hydrogen-bond donors (Lipinski definition) is 2. The van der Waals surface area contributed by atoms with Gasteiger partial charge in [-0.2, -0.15) is 0 Å². The van der Waals surface area contributed by atoms with Crippen LogP contribution < -0.4 is 11.1 Å². The fourth-order valence-electron chi connectivity index (χ4n) is 1.13. The third kappa shape index (κ3) is 1.49. The monoisotopic (exact) mass is 163 g/mol. The molecule has 1 aliphatic rings. The van der Waals surface area contributed by atoms with Crippen molar-refractivity contribution < 1.29 is 0 Å². The highest BCUT2D eigenvalue weighted by Crippen LogP contribution is 2.26. The SMILES string of the molecule is Cc1cnc(NC2CC2)c(N)c1. The minimum absolute atomic E-state index is 0.613. The molecule has 1 aromatic heterocycles.